The molecule has 0 saturated heterocycles. The van der Waals surface area contributed by atoms with Crippen LogP contribution in [0.4, 0.5) is 9.59 Å². The number of primary amides is 1. The molecule has 0 aromatic heterocycles. The molecule has 0 fully saturated rings. The minimum atomic E-state index is -1.05. The van der Waals surface area contributed by atoms with Crippen LogP contribution in [0.15, 0.2) is 0 Å². The highest BCUT2D eigenvalue weighted by Gasteiger charge is 2.34. The maximum absolute atomic E-state index is 13.5. The molecule has 0 heterocycles. The second-order valence-corrected chi connectivity index (χ2v) is 12.5. The number of nitrogens with one attached hydrogen (secondary N) is 1. The minimum Gasteiger partial charge on any atom is -0.391 e. The molecular weight excluding hydrogens is 574 g/mol. The maximum atomic E-state index is 13.5. The molecule has 15 nitrogen and oxygen atoms in total. The van der Waals surface area contributed by atoms with E-state index in [1.807, 2.05) is 41.5 Å². The number of carbonyl (C=O) groups is 5. The van der Waals surface area contributed by atoms with E-state index in [1.165, 1.54) is 30.9 Å². The maximum Gasteiger partial charge on any atom is 0.327 e. The van der Waals surface area contributed by atoms with Crippen molar-refractivity contribution in [1.82, 2.24) is 24.9 Å². The van der Waals surface area contributed by atoms with E-state index in [9.17, 15) is 29.1 Å². The van der Waals surface area contributed by atoms with Gasteiger partial charge in [0.25, 0.3) is 0 Å². The number of nitrogens with two attached hydrogens (primary N) is 2. The molecule has 0 bridgehead atoms. The van der Waals surface area contributed by atoms with Crippen molar-refractivity contribution in [3.63, 3.8) is 0 Å². The number of nitrogens with zero attached hydrogens (tertiary/aromatic N) is 4. The summed E-state index contributed by atoms with van der Waals surface area (Å²) in [6.07, 6.45) is 0.310. The summed E-state index contributed by atoms with van der Waals surface area (Å²) in [6.45, 7) is 12.4. The number of aliphatic hydroxyl groups is 1. The van der Waals surface area contributed by atoms with Crippen LogP contribution in [0.1, 0.15) is 67.7 Å². The molecule has 0 aromatic rings. The summed E-state index contributed by atoms with van der Waals surface area (Å²) in [6, 6.07) is -3.70. The van der Waals surface area contributed by atoms with E-state index in [-0.39, 0.29) is 38.8 Å². The molecular formula is C29H57N7O8. The third-order valence-electron chi connectivity index (χ3n) is 6.55. The highest BCUT2D eigenvalue weighted by Crippen LogP contribution is 2.14. The third-order valence-corrected chi connectivity index (χ3v) is 6.55. The molecule has 0 saturated carbocycles. The lowest BCUT2D eigenvalue weighted by atomic mass is 10.1. The Hall–Kier alpha value is -2.85. The lowest BCUT2D eigenvalue weighted by Crippen LogP contribution is -2.60. The summed E-state index contributed by atoms with van der Waals surface area (Å²) in [5.41, 5.74) is 10.7. The first-order valence-corrected chi connectivity index (χ1v) is 15.0. The van der Waals surface area contributed by atoms with Crippen LogP contribution in [0.5, 0.6) is 0 Å². The second-order valence-electron chi connectivity index (χ2n) is 12.5. The van der Waals surface area contributed by atoms with Crippen molar-refractivity contribution >= 4 is 29.8 Å². The zero-order chi connectivity index (χ0) is 34.4. The molecule has 15 heteroatoms. The molecule has 0 aliphatic carbocycles. The number of hydrogen-bond donors (Lipinski definition) is 4. The fourth-order valence-electron chi connectivity index (χ4n) is 3.92. The fourth-order valence-corrected chi connectivity index (χ4v) is 3.92. The van der Waals surface area contributed by atoms with Crippen molar-refractivity contribution < 1.29 is 38.6 Å². The average Bonchev–Trinajstić information content (AvgIpc) is 2.93. The number of rotatable bonds is 18. The third kappa shape index (κ3) is 15.2. The summed E-state index contributed by atoms with van der Waals surface area (Å²) in [4.78, 5) is 69.0. The molecule has 0 aliphatic rings. The molecule has 0 radical (unpaired) electrons. The number of imide groups is 2. The Bertz CT molecular complexity index is 941. The van der Waals surface area contributed by atoms with Gasteiger partial charge in [0.1, 0.15) is 18.6 Å². The van der Waals surface area contributed by atoms with Crippen LogP contribution in [0.25, 0.3) is 0 Å². The Morgan fingerprint density at radius 2 is 1.52 bits per heavy atom. The van der Waals surface area contributed by atoms with Crippen molar-refractivity contribution in [3.05, 3.63) is 0 Å². The van der Waals surface area contributed by atoms with Gasteiger partial charge in [0, 0.05) is 27.7 Å². The molecule has 0 rings (SSSR count). The predicted octanol–water partition coefficient (Wildman–Crippen LogP) is 0.533. The van der Waals surface area contributed by atoms with E-state index in [4.69, 9.17) is 20.9 Å². The van der Waals surface area contributed by atoms with Gasteiger partial charge in [-0.05, 0) is 46.5 Å². The number of hydrogen-bond acceptors (Lipinski definition) is 10. The molecule has 44 heavy (non-hydrogen) atoms. The summed E-state index contributed by atoms with van der Waals surface area (Å²) < 4.78 is 11.1. The fraction of sp³-hybridized carbons (Fsp3) is 0.828. The van der Waals surface area contributed by atoms with Crippen LogP contribution >= 0.6 is 0 Å². The molecule has 4 atom stereocenters. The van der Waals surface area contributed by atoms with Crippen molar-refractivity contribution in [3.8, 4) is 0 Å². The molecule has 0 unspecified atom stereocenters. The average molecular weight is 632 g/mol. The minimum absolute atomic E-state index is 0.0115. The topological polar surface area (TPSA) is 201 Å². The molecule has 7 amide bonds. The first-order valence-electron chi connectivity index (χ1n) is 15.0. The van der Waals surface area contributed by atoms with Gasteiger partial charge in [0.15, 0.2) is 0 Å². The lowest BCUT2D eigenvalue weighted by molar-refractivity contribution is -0.140. The number of ether oxygens (including phenoxy) is 2. The van der Waals surface area contributed by atoms with Crippen LogP contribution in [0.2, 0.25) is 0 Å². The number of urea groups is 2. The molecule has 6 N–H and O–H groups in total. The number of amides is 7. The standard InChI is InChI=1S/C29H57N7O8/c1-11-12-13-36(25(39)21(30)17-43-16-20(4)37)15-24(38)34(9)28(42)33(8)23(14-19(2)3)32-22(18-44-29(5,6)7)26(40)35(10)27(31)41/h19-23,32,37H,11-18,30H2,1-10H3,(H2,31,41)/t20-,21+,22+,23+/m1/s1. The monoisotopic (exact) mass is 631 g/mol. The Morgan fingerprint density at radius 3 is 2.00 bits per heavy atom. The van der Waals surface area contributed by atoms with Gasteiger partial charge < -0.3 is 35.8 Å². The Balaban J connectivity index is 5.90. The molecule has 256 valence electrons. The van der Waals surface area contributed by atoms with Gasteiger partial charge in [-0.3, -0.25) is 29.5 Å². The Kier molecular flexibility index (Phi) is 18.3. The van der Waals surface area contributed by atoms with E-state index < -0.39 is 59.7 Å². The lowest BCUT2D eigenvalue weighted by Gasteiger charge is -2.36. The van der Waals surface area contributed by atoms with E-state index in [1.54, 1.807) is 6.92 Å². The van der Waals surface area contributed by atoms with Crippen LogP contribution in [0, 0.1) is 5.92 Å². The molecule has 0 spiro atoms. The zero-order valence-electron chi connectivity index (χ0n) is 28.3. The predicted molar refractivity (Wildman–Crippen MR) is 166 cm³/mol. The van der Waals surface area contributed by atoms with E-state index >= 15 is 0 Å². The largest absolute Gasteiger partial charge is 0.391 e. The van der Waals surface area contributed by atoms with Crippen LogP contribution in [-0.2, 0) is 23.9 Å². The highest BCUT2D eigenvalue weighted by molar-refractivity contribution is 5.97. The smallest absolute Gasteiger partial charge is 0.327 e. The first kappa shape index (κ1) is 41.1. The summed E-state index contributed by atoms with van der Waals surface area (Å²) in [7, 11) is 4.06. The Morgan fingerprint density at radius 1 is 0.932 bits per heavy atom. The normalized spacial score (nSPS) is 14.4. The number of unbranched alkanes of at least 4 members (excludes halogenated alkanes) is 1. The van der Waals surface area contributed by atoms with Crippen LogP contribution < -0.4 is 16.8 Å². The SMILES string of the molecule is CCCCN(CC(=O)N(C)C(=O)N(C)[C@@H](CC(C)C)N[C@@H](COC(C)(C)C)C(=O)N(C)C(N)=O)C(=O)[C@@H](N)COC[C@@H](C)O. The highest BCUT2D eigenvalue weighted by atomic mass is 16.5. The van der Waals surface area contributed by atoms with Gasteiger partial charge in [-0.25, -0.2) is 9.59 Å². The summed E-state index contributed by atoms with van der Waals surface area (Å²) in [5, 5.41) is 12.5. The van der Waals surface area contributed by atoms with Crippen LogP contribution in [-0.4, -0.2) is 138 Å². The van der Waals surface area contributed by atoms with E-state index in [0.29, 0.717) is 12.8 Å². The number of aliphatic hydroxyl groups excluding tert-OH is 1. The molecule has 0 aromatic carbocycles. The summed E-state index contributed by atoms with van der Waals surface area (Å²) in [5.74, 6) is -1.72. The molecule has 0 aliphatic heterocycles. The second kappa shape index (κ2) is 19.5. The first-order chi connectivity index (χ1) is 20.2. The zero-order valence-corrected chi connectivity index (χ0v) is 28.3. The van der Waals surface area contributed by atoms with Gasteiger partial charge >= 0.3 is 12.1 Å². The van der Waals surface area contributed by atoms with Gasteiger partial charge in [-0.1, -0.05) is 27.2 Å². The number of likely N-dealkylation sites (N-methyl/N-ethyl adjacent to an activating group) is 2. The van der Waals surface area contributed by atoms with Gasteiger partial charge in [0.2, 0.25) is 17.7 Å². The van der Waals surface area contributed by atoms with Gasteiger partial charge in [-0.2, -0.15) is 0 Å². The van der Waals surface area contributed by atoms with E-state index in [2.05, 4.69) is 5.32 Å². The van der Waals surface area contributed by atoms with Crippen molar-refractivity contribution in [2.75, 3.05) is 54.1 Å². The quantitative estimate of drug-likeness (QED) is 0.155. The van der Waals surface area contributed by atoms with Gasteiger partial charge in [-0.15, -0.1) is 0 Å². The van der Waals surface area contributed by atoms with Crippen molar-refractivity contribution in [2.45, 2.75) is 97.7 Å². The van der Waals surface area contributed by atoms with E-state index in [0.717, 1.165) is 16.2 Å². The van der Waals surface area contributed by atoms with Gasteiger partial charge in [0.05, 0.1) is 37.7 Å². The van der Waals surface area contributed by atoms with Crippen molar-refractivity contribution in [2.24, 2.45) is 17.4 Å². The van der Waals surface area contributed by atoms with Crippen molar-refractivity contribution in [1.29, 1.82) is 0 Å². The number of carbonyl (C=O) groups excluding carboxylic acids is 5. The van der Waals surface area contributed by atoms with Crippen LogP contribution in [0.3, 0.4) is 0 Å². The summed E-state index contributed by atoms with van der Waals surface area (Å²) >= 11 is 0. The Labute approximate surface area is 262 Å².